The van der Waals surface area contributed by atoms with Crippen LogP contribution >= 0.6 is 0 Å². The zero-order chi connectivity index (χ0) is 16.0. The van der Waals surface area contributed by atoms with Gasteiger partial charge in [0.15, 0.2) is 0 Å². The Hall–Kier alpha value is -2.62. The van der Waals surface area contributed by atoms with Gasteiger partial charge in [-0.1, -0.05) is 0 Å². The zero-order valence-corrected chi connectivity index (χ0v) is 12.1. The Labute approximate surface area is 122 Å². The number of amides is 1. The summed E-state index contributed by atoms with van der Waals surface area (Å²) >= 11 is 0. The molecule has 0 bridgehead atoms. The Balaban J connectivity index is 2.77. The van der Waals surface area contributed by atoms with Crippen molar-refractivity contribution >= 4 is 12.1 Å². The first-order valence-corrected chi connectivity index (χ1v) is 6.27. The molecule has 1 atom stereocenters. The number of ether oxygens (including phenoxy) is 1. The number of nitriles is 1. The summed E-state index contributed by atoms with van der Waals surface area (Å²) in [6.07, 6.45) is 2.03. The van der Waals surface area contributed by atoms with Gasteiger partial charge in [-0.25, -0.2) is 9.59 Å². The Bertz CT molecular complexity index is 572. The van der Waals surface area contributed by atoms with Gasteiger partial charge in [-0.05, 0) is 32.4 Å². The molecule has 1 aromatic rings. The lowest BCUT2D eigenvalue weighted by molar-refractivity contribution is -0.139. The van der Waals surface area contributed by atoms with Crippen LogP contribution in [-0.2, 0) is 16.0 Å². The molecule has 1 rings (SSSR count). The predicted octanol–water partition coefficient (Wildman–Crippen LogP) is 1.47. The molecule has 21 heavy (non-hydrogen) atoms. The Morgan fingerprint density at radius 3 is 2.67 bits per heavy atom. The standard InChI is InChI=1S/C14H17N3O4/c1-14(2,3)21-13(20)17-11(12(18)19)5-9-4-10(6-15)8-16-7-9/h4,7-8,11H,5H2,1-3H3,(H,17,20)(H,18,19)/t11-/m0/s1. The van der Waals surface area contributed by atoms with Crippen molar-refractivity contribution in [3.8, 4) is 6.07 Å². The van der Waals surface area contributed by atoms with Crippen LogP contribution in [0.4, 0.5) is 4.79 Å². The molecule has 0 aliphatic rings. The average Bonchev–Trinajstić information content (AvgIpc) is 2.36. The number of nitrogens with one attached hydrogen (secondary N) is 1. The van der Waals surface area contributed by atoms with Gasteiger partial charge in [0.2, 0.25) is 0 Å². The third kappa shape index (κ3) is 5.91. The summed E-state index contributed by atoms with van der Waals surface area (Å²) in [6.45, 7) is 5.05. The second kappa shape index (κ2) is 6.70. The minimum absolute atomic E-state index is 0.0110. The molecule has 0 saturated heterocycles. The molecule has 0 saturated carbocycles. The number of nitrogens with zero attached hydrogens (tertiary/aromatic N) is 2. The van der Waals surface area contributed by atoms with Gasteiger partial charge in [0.1, 0.15) is 17.7 Å². The molecule has 1 amide bonds. The summed E-state index contributed by atoms with van der Waals surface area (Å²) in [6, 6.07) is 2.29. The van der Waals surface area contributed by atoms with Crippen molar-refractivity contribution in [2.45, 2.75) is 38.8 Å². The number of alkyl carbamates (subject to hydrolysis) is 1. The van der Waals surface area contributed by atoms with Crippen molar-refractivity contribution in [3.63, 3.8) is 0 Å². The molecule has 112 valence electrons. The second-order valence-electron chi connectivity index (χ2n) is 5.43. The number of carbonyl (C=O) groups excluding carboxylic acids is 1. The molecular formula is C14H17N3O4. The molecule has 1 heterocycles. The summed E-state index contributed by atoms with van der Waals surface area (Å²) < 4.78 is 5.02. The number of rotatable bonds is 4. The van der Waals surface area contributed by atoms with E-state index in [4.69, 9.17) is 15.1 Å². The monoisotopic (exact) mass is 291 g/mol. The van der Waals surface area contributed by atoms with Crippen molar-refractivity contribution in [2.24, 2.45) is 0 Å². The van der Waals surface area contributed by atoms with Crippen LogP contribution < -0.4 is 5.32 Å². The molecule has 0 fully saturated rings. The lowest BCUT2D eigenvalue weighted by atomic mass is 10.1. The van der Waals surface area contributed by atoms with Crippen LogP contribution in [0, 0.1) is 11.3 Å². The minimum atomic E-state index is -1.19. The van der Waals surface area contributed by atoms with Crippen molar-refractivity contribution in [1.29, 1.82) is 5.26 Å². The number of pyridine rings is 1. The molecule has 0 aromatic carbocycles. The predicted molar refractivity (Wildman–Crippen MR) is 73.4 cm³/mol. The number of hydrogen-bond acceptors (Lipinski definition) is 5. The van der Waals surface area contributed by atoms with E-state index < -0.39 is 23.7 Å². The minimum Gasteiger partial charge on any atom is -0.480 e. The first-order chi connectivity index (χ1) is 9.71. The van der Waals surface area contributed by atoms with Gasteiger partial charge >= 0.3 is 12.1 Å². The molecular weight excluding hydrogens is 274 g/mol. The Morgan fingerprint density at radius 1 is 1.48 bits per heavy atom. The van der Waals surface area contributed by atoms with E-state index in [2.05, 4.69) is 10.3 Å². The van der Waals surface area contributed by atoms with E-state index in [1.807, 2.05) is 6.07 Å². The van der Waals surface area contributed by atoms with Crippen molar-refractivity contribution in [3.05, 3.63) is 29.6 Å². The topological polar surface area (TPSA) is 112 Å². The highest BCUT2D eigenvalue weighted by molar-refractivity contribution is 5.80. The number of aromatic nitrogens is 1. The van der Waals surface area contributed by atoms with Crippen LogP contribution in [0.1, 0.15) is 31.9 Å². The van der Waals surface area contributed by atoms with Crippen LogP contribution in [0.2, 0.25) is 0 Å². The van der Waals surface area contributed by atoms with E-state index in [1.165, 1.54) is 18.5 Å². The van der Waals surface area contributed by atoms with Gasteiger partial charge in [0.05, 0.1) is 5.56 Å². The largest absolute Gasteiger partial charge is 0.480 e. The van der Waals surface area contributed by atoms with Gasteiger partial charge in [-0.2, -0.15) is 5.26 Å². The average molecular weight is 291 g/mol. The maximum Gasteiger partial charge on any atom is 0.408 e. The van der Waals surface area contributed by atoms with E-state index >= 15 is 0 Å². The molecule has 7 nitrogen and oxygen atoms in total. The fourth-order valence-corrected chi connectivity index (χ4v) is 1.55. The van der Waals surface area contributed by atoms with Gasteiger partial charge in [-0.3, -0.25) is 4.98 Å². The summed E-state index contributed by atoms with van der Waals surface area (Å²) in [5.41, 5.74) is 0.154. The van der Waals surface area contributed by atoms with E-state index in [0.29, 0.717) is 11.1 Å². The molecule has 7 heteroatoms. The fraction of sp³-hybridized carbons (Fsp3) is 0.429. The van der Waals surface area contributed by atoms with Crippen LogP contribution in [0.3, 0.4) is 0 Å². The SMILES string of the molecule is CC(C)(C)OC(=O)N[C@@H](Cc1cncc(C#N)c1)C(=O)O. The van der Waals surface area contributed by atoms with E-state index in [9.17, 15) is 9.59 Å². The lowest BCUT2D eigenvalue weighted by Crippen LogP contribution is -2.44. The molecule has 0 aliphatic heterocycles. The second-order valence-corrected chi connectivity index (χ2v) is 5.43. The molecule has 0 radical (unpaired) electrons. The van der Waals surface area contributed by atoms with Crippen LogP contribution in [0.25, 0.3) is 0 Å². The van der Waals surface area contributed by atoms with E-state index in [0.717, 1.165) is 0 Å². The van der Waals surface area contributed by atoms with Crippen molar-refractivity contribution in [1.82, 2.24) is 10.3 Å². The normalized spacial score (nSPS) is 12.1. The zero-order valence-electron chi connectivity index (χ0n) is 12.1. The number of carboxylic acid groups (broad SMARTS) is 1. The van der Waals surface area contributed by atoms with Gasteiger partial charge < -0.3 is 15.2 Å². The van der Waals surface area contributed by atoms with Gasteiger partial charge in [-0.15, -0.1) is 0 Å². The first-order valence-electron chi connectivity index (χ1n) is 6.27. The molecule has 0 spiro atoms. The summed E-state index contributed by atoms with van der Waals surface area (Å²) in [7, 11) is 0. The fourth-order valence-electron chi connectivity index (χ4n) is 1.55. The van der Waals surface area contributed by atoms with Gasteiger partial charge in [0.25, 0.3) is 0 Å². The third-order valence-electron chi connectivity index (χ3n) is 2.35. The molecule has 0 unspecified atom stereocenters. The molecule has 2 N–H and O–H groups in total. The van der Waals surface area contributed by atoms with Crippen LogP contribution in [0.15, 0.2) is 18.5 Å². The maximum atomic E-state index is 11.6. The third-order valence-corrected chi connectivity index (χ3v) is 2.35. The van der Waals surface area contributed by atoms with Gasteiger partial charge in [0, 0.05) is 18.8 Å². The maximum absolute atomic E-state index is 11.6. The number of hydrogen-bond donors (Lipinski definition) is 2. The van der Waals surface area contributed by atoms with Crippen molar-refractivity contribution in [2.75, 3.05) is 0 Å². The van der Waals surface area contributed by atoms with Crippen LogP contribution in [-0.4, -0.2) is 33.8 Å². The number of carboxylic acids is 1. The van der Waals surface area contributed by atoms with E-state index in [-0.39, 0.29) is 6.42 Å². The first kappa shape index (κ1) is 16.4. The summed E-state index contributed by atoms with van der Waals surface area (Å²) in [5.74, 6) is -1.19. The summed E-state index contributed by atoms with van der Waals surface area (Å²) in [5, 5.41) is 20.2. The quantitative estimate of drug-likeness (QED) is 0.868. The number of carbonyl (C=O) groups is 2. The summed E-state index contributed by atoms with van der Waals surface area (Å²) in [4.78, 5) is 26.7. The number of aliphatic carboxylic acids is 1. The smallest absolute Gasteiger partial charge is 0.408 e. The highest BCUT2D eigenvalue weighted by Gasteiger charge is 2.24. The molecule has 1 aromatic heterocycles. The Kier molecular flexibility index (Phi) is 5.24. The highest BCUT2D eigenvalue weighted by Crippen LogP contribution is 2.09. The van der Waals surface area contributed by atoms with Crippen LogP contribution in [0.5, 0.6) is 0 Å². The molecule has 0 aliphatic carbocycles. The van der Waals surface area contributed by atoms with Crippen molar-refractivity contribution < 1.29 is 19.4 Å². The van der Waals surface area contributed by atoms with E-state index in [1.54, 1.807) is 20.8 Å². The Morgan fingerprint density at radius 2 is 2.14 bits per heavy atom. The lowest BCUT2D eigenvalue weighted by Gasteiger charge is -2.22. The highest BCUT2D eigenvalue weighted by atomic mass is 16.6.